The molecule has 2 heteroatoms. The Morgan fingerprint density at radius 1 is 1.17 bits per heavy atom. The molecule has 1 rings (SSSR count). The Bertz CT molecular complexity index is 229. The summed E-state index contributed by atoms with van der Waals surface area (Å²) in [5.41, 5.74) is 5.22. The molecule has 0 unspecified atom stereocenters. The lowest BCUT2D eigenvalue weighted by atomic mass is 10.3. The van der Waals surface area contributed by atoms with Crippen molar-refractivity contribution >= 4 is 0 Å². The first-order valence-electron chi connectivity index (χ1n) is 4.24. The van der Waals surface area contributed by atoms with E-state index in [1.807, 2.05) is 24.3 Å². The van der Waals surface area contributed by atoms with E-state index in [1.165, 1.54) is 0 Å². The molecule has 0 saturated heterocycles. The van der Waals surface area contributed by atoms with Crippen LogP contribution in [0.15, 0.2) is 42.9 Å². The monoisotopic (exact) mass is 163 g/mol. The highest BCUT2D eigenvalue weighted by Gasteiger charge is 1.94. The van der Waals surface area contributed by atoms with Crippen molar-refractivity contribution in [2.24, 2.45) is 5.73 Å². The summed E-state index contributed by atoms with van der Waals surface area (Å²) in [6.07, 6.45) is 9.94. The van der Waals surface area contributed by atoms with Gasteiger partial charge in [0, 0.05) is 18.6 Å². The van der Waals surface area contributed by atoms with Gasteiger partial charge >= 0.3 is 0 Å². The summed E-state index contributed by atoms with van der Waals surface area (Å²) < 4.78 is 2.17. The van der Waals surface area contributed by atoms with Gasteiger partial charge in [-0.05, 0) is 12.6 Å². The van der Waals surface area contributed by atoms with Gasteiger partial charge < -0.3 is 5.73 Å². The van der Waals surface area contributed by atoms with Gasteiger partial charge in [0.05, 0.1) is 0 Å². The van der Waals surface area contributed by atoms with E-state index < -0.39 is 0 Å². The topological polar surface area (TPSA) is 29.9 Å². The van der Waals surface area contributed by atoms with Gasteiger partial charge in [0.15, 0.2) is 12.4 Å². The van der Waals surface area contributed by atoms with E-state index in [-0.39, 0.29) is 0 Å². The first-order valence-corrected chi connectivity index (χ1v) is 4.24. The Morgan fingerprint density at radius 2 is 1.92 bits per heavy atom. The van der Waals surface area contributed by atoms with Crippen LogP contribution in [0.2, 0.25) is 0 Å². The van der Waals surface area contributed by atoms with Crippen molar-refractivity contribution in [3.05, 3.63) is 42.9 Å². The van der Waals surface area contributed by atoms with Gasteiger partial charge in [-0.15, -0.1) is 0 Å². The van der Waals surface area contributed by atoms with Gasteiger partial charge in [-0.2, -0.15) is 0 Å². The molecule has 0 fully saturated rings. The highest BCUT2D eigenvalue weighted by molar-refractivity contribution is 4.83. The predicted octanol–water partition coefficient (Wildman–Crippen LogP) is 1.23. The van der Waals surface area contributed by atoms with E-state index >= 15 is 0 Å². The van der Waals surface area contributed by atoms with Crippen molar-refractivity contribution < 1.29 is 4.57 Å². The molecule has 0 amide bonds. The maximum Gasteiger partial charge on any atom is 0.168 e. The number of aryl methyl sites for hydroxylation is 1. The van der Waals surface area contributed by atoms with E-state index in [0.717, 1.165) is 19.4 Å². The summed E-state index contributed by atoms with van der Waals surface area (Å²) >= 11 is 0. The molecular weight excluding hydrogens is 148 g/mol. The first kappa shape index (κ1) is 8.78. The van der Waals surface area contributed by atoms with Gasteiger partial charge in [-0.25, -0.2) is 4.57 Å². The second kappa shape index (κ2) is 5.35. The number of nitrogens with zero attached hydrogens (tertiary/aromatic N) is 1. The van der Waals surface area contributed by atoms with Crippen LogP contribution in [0, 0.1) is 0 Å². The molecule has 64 valence electrons. The van der Waals surface area contributed by atoms with Crippen LogP contribution in [0.4, 0.5) is 0 Å². The van der Waals surface area contributed by atoms with Crippen molar-refractivity contribution in [2.75, 3.05) is 0 Å². The minimum atomic E-state index is 1.05. The fourth-order valence-corrected chi connectivity index (χ4v) is 1.07. The molecule has 12 heavy (non-hydrogen) atoms. The van der Waals surface area contributed by atoms with Crippen LogP contribution in [-0.4, -0.2) is 0 Å². The molecule has 0 radical (unpaired) electrons. The fourth-order valence-electron chi connectivity index (χ4n) is 1.07. The summed E-state index contributed by atoms with van der Waals surface area (Å²) in [6.45, 7) is 1.06. The summed E-state index contributed by atoms with van der Waals surface area (Å²) in [4.78, 5) is 0. The standard InChI is InChI=1S/C10H15N2/c11-7-3-1-4-8-12-9-5-2-6-10-12/h2-3,5-7,9-10H,1,4,8,11H2/q+1. The number of hydrogen-bond acceptors (Lipinski definition) is 1. The van der Waals surface area contributed by atoms with Crippen LogP contribution in [0.1, 0.15) is 12.8 Å². The van der Waals surface area contributed by atoms with Crippen LogP contribution < -0.4 is 10.3 Å². The average molecular weight is 163 g/mol. The molecule has 1 aromatic rings. The number of pyridine rings is 1. The molecule has 0 bridgehead atoms. The maximum absolute atomic E-state index is 5.22. The molecule has 0 aromatic carbocycles. The lowest BCUT2D eigenvalue weighted by Gasteiger charge is -1.92. The smallest absolute Gasteiger partial charge is 0.168 e. The van der Waals surface area contributed by atoms with Crippen molar-refractivity contribution in [1.29, 1.82) is 0 Å². The zero-order valence-electron chi connectivity index (χ0n) is 7.19. The van der Waals surface area contributed by atoms with Crippen LogP contribution in [0.3, 0.4) is 0 Å². The summed E-state index contributed by atoms with van der Waals surface area (Å²) in [7, 11) is 0. The largest absolute Gasteiger partial charge is 0.405 e. The number of nitrogens with two attached hydrogens (primary N) is 1. The fraction of sp³-hybridized carbons (Fsp3) is 0.300. The molecule has 0 saturated carbocycles. The third-order valence-electron chi connectivity index (χ3n) is 1.70. The zero-order valence-corrected chi connectivity index (χ0v) is 7.19. The molecule has 0 atom stereocenters. The van der Waals surface area contributed by atoms with Gasteiger partial charge in [0.25, 0.3) is 0 Å². The van der Waals surface area contributed by atoms with Gasteiger partial charge in [0.1, 0.15) is 6.54 Å². The zero-order chi connectivity index (χ0) is 8.65. The quantitative estimate of drug-likeness (QED) is 0.525. The van der Waals surface area contributed by atoms with E-state index in [1.54, 1.807) is 6.20 Å². The number of aromatic nitrogens is 1. The minimum Gasteiger partial charge on any atom is -0.405 e. The predicted molar refractivity (Wildman–Crippen MR) is 49.2 cm³/mol. The van der Waals surface area contributed by atoms with E-state index in [2.05, 4.69) is 17.0 Å². The molecule has 0 aliphatic rings. The Kier molecular flexibility index (Phi) is 3.92. The average Bonchev–Trinajstić information content (AvgIpc) is 2.14. The third-order valence-corrected chi connectivity index (χ3v) is 1.70. The van der Waals surface area contributed by atoms with Crippen molar-refractivity contribution in [3.8, 4) is 0 Å². The highest BCUT2D eigenvalue weighted by atomic mass is 14.9. The molecule has 1 aromatic heterocycles. The van der Waals surface area contributed by atoms with E-state index in [4.69, 9.17) is 5.73 Å². The second-order valence-electron chi connectivity index (χ2n) is 2.68. The van der Waals surface area contributed by atoms with Crippen molar-refractivity contribution in [2.45, 2.75) is 19.4 Å². The highest BCUT2D eigenvalue weighted by Crippen LogP contribution is 1.89. The number of hydrogen-bond donors (Lipinski definition) is 1. The van der Waals surface area contributed by atoms with Crippen LogP contribution >= 0.6 is 0 Å². The minimum absolute atomic E-state index is 1.05. The molecule has 0 aliphatic carbocycles. The Labute approximate surface area is 73.3 Å². The van der Waals surface area contributed by atoms with Gasteiger partial charge in [0.2, 0.25) is 0 Å². The number of allylic oxidation sites excluding steroid dienone is 1. The van der Waals surface area contributed by atoms with Crippen molar-refractivity contribution in [3.63, 3.8) is 0 Å². The lowest BCUT2D eigenvalue weighted by molar-refractivity contribution is -0.697. The molecule has 1 heterocycles. The van der Waals surface area contributed by atoms with E-state index in [9.17, 15) is 0 Å². The molecule has 0 spiro atoms. The summed E-state index contributed by atoms with van der Waals surface area (Å²) in [6, 6.07) is 6.10. The van der Waals surface area contributed by atoms with Gasteiger partial charge in [-0.3, -0.25) is 0 Å². The number of rotatable bonds is 4. The molecular formula is C10H15N2+. The summed E-state index contributed by atoms with van der Waals surface area (Å²) in [5.74, 6) is 0. The first-order chi connectivity index (χ1) is 5.93. The Morgan fingerprint density at radius 3 is 2.58 bits per heavy atom. The SMILES string of the molecule is NC=CCCC[n+]1ccccc1. The van der Waals surface area contributed by atoms with Crippen LogP contribution in [0.5, 0.6) is 0 Å². The molecule has 2 N–H and O–H groups in total. The third kappa shape index (κ3) is 3.19. The maximum atomic E-state index is 5.22. The lowest BCUT2D eigenvalue weighted by Crippen LogP contribution is -2.31. The molecule has 0 aliphatic heterocycles. The van der Waals surface area contributed by atoms with Crippen LogP contribution in [0.25, 0.3) is 0 Å². The van der Waals surface area contributed by atoms with Crippen molar-refractivity contribution in [1.82, 2.24) is 0 Å². The van der Waals surface area contributed by atoms with E-state index in [0.29, 0.717) is 0 Å². The van der Waals surface area contributed by atoms with Crippen LogP contribution in [-0.2, 0) is 6.54 Å². The second-order valence-corrected chi connectivity index (χ2v) is 2.68. The molecule has 2 nitrogen and oxygen atoms in total. The number of unbranched alkanes of at least 4 members (excludes halogenated alkanes) is 1. The Hall–Kier alpha value is -1.31. The van der Waals surface area contributed by atoms with Gasteiger partial charge in [-0.1, -0.05) is 12.1 Å². The normalized spacial score (nSPS) is 10.7. The summed E-state index contributed by atoms with van der Waals surface area (Å²) in [5, 5.41) is 0. The Balaban J connectivity index is 2.24.